The lowest BCUT2D eigenvalue weighted by Gasteiger charge is -2.07. The molecule has 1 amide bonds. The number of rotatable bonds is 3. The van der Waals surface area contributed by atoms with Crippen molar-refractivity contribution in [2.24, 2.45) is 0 Å². The van der Waals surface area contributed by atoms with Crippen LogP contribution in [0.5, 0.6) is 0 Å². The number of anilines is 1. The molecule has 0 spiro atoms. The van der Waals surface area contributed by atoms with E-state index in [0.717, 1.165) is 3.79 Å². The first-order chi connectivity index (χ1) is 8.97. The molecule has 1 aromatic carbocycles. The van der Waals surface area contributed by atoms with Gasteiger partial charge in [0, 0.05) is 11.1 Å². The van der Waals surface area contributed by atoms with Crippen molar-refractivity contribution in [3.63, 3.8) is 0 Å². The Morgan fingerprint density at radius 2 is 2.05 bits per heavy atom. The molecule has 0 radical (unpaired) electrons. The third-order valence-corrected chi connectivity index (χ3v) is 4.06. The lowest BCUT2D eigenvalue weighted by molar-refractivity contribution is 0.0695. The fraction of sp³-hybridized carbons (Fsp3) is 0.0769. The van der Waals surface area contributed by atoms with Crippen LogP contribution < -0.4 is 5.32 Å². The van der Waals surface area contributed by atoms with Crippen LogP contribution in [0.25, 0.3) is 0 Å². The first-order valence-corrected chi connectivity index (χ1v) is 7.04. The smallest absolute Gasteiger partial charge is 0.336 e. The average molecular weight is 340 g/mol. The number of carboxylic acid groups (broad SMARTS) is 1. The van der Waals surface area contributed by atoms with Gasteiger partial charge in [-0.25, -0.2) is 4.79 Å². The van der Waals surface area contributed by atoms with Gasteiger partial charge in [0.15, 0.2) is 0 Å². The van der Waals surface area contributed by atoms with E-state index in [-0.39, 0.29) is 11.5 Å². The lowest BCUT2D eigenvalue weighted by Crippen LogP contribution is -2.11. The van der Waals surface area contributed by atoms with Gasteiger partial charge < -0.3 is 10.4 Å². The highest BCUT2D eigenvalue weighted by Gasteiger charge is 2.11. The summed E-state index contributed by atoms with van der Waals surface area (Å²) >= 11 is 4.70. The molecule has 0 aliphatic heterocycles. The highest BCUT2D eigenvalue weighted by molar-refractivity contribution is 9.11. The lowest BCUT2D eigenvalue weighted by atomic mass is 10.1. The maximum Gasteiger partial charge on any atom is 0.336 e. The first kappa shape index (κ1) is 13.8. The SMILES string of the molecule is Cc1ccc(NC(=O)c2csc(Br)c2)cc1C(=O)O. The van der Waals surface area contributed by atoms with Crippen LogP contribution in [0.4, 0.5) is 5.69 Å². The number of thiophene rings is 1. The van der Waals surface area contributed by atoms with Gasteiger partial charge in [-0.3, -0.25) is 4.79 Å². The minimum atomic E-state index is -1.01. The topological polar surface area (TPSA) is 66.4 Å². The van der Waals surface area contributed by atoms with Crippen LogP contribution in [0.15, 0.2) is 33.4 Å². The zero-order chi connectivity index (χ0) is 14.0. The Balaban J connectivity index is 2.22. The van der Waals surface area contributed by atoms with Crippen molar-refractivity contribution in [3.05, 3.63) is 50.1 Å². The van der Waals surface area contributed by atoms with Crippen LogP contribution in [0.2, 0.25) is 0 Å². The van der Waals surface area contributed by atoms with E-state index >= 15 is 0 Å². The third kappa shape index (κ3) is 3.21. The maximum atomic E-state index is 11.9. The summed E-state index contributed by atoms with van der Waals surface area (Å²) in [5, 5.41) is 13.4. The molecule has 1 aromatic heterocycles. The number of amides is 1. The monoisotopic (exact) mass is 339 g/mol. The van der Waals surface area contributed by atoms with Crippen molar-refractivity contribution in [1.82, 2.24) is 0 Å². The molecule has 0 aliphatic rings. The highest BCUT2D eigenvalue weighted by atomic mass is 79.9. The van der Waals surface area contributed by atoms with Gasteiger partial charge in [-0.2, -0.15) is 0 Å². The minimum absolute atomic E-state index is 0.185. The number of nitrogens with one attached hydrogen (secondary N) is 1. The summed E-state index contributed by atoms with van der Waals surface area (Å²) in [6.07, 6.45) is 0. The molecule has 0 saturated heterocycles. The molecule has 0 unspecified atom stereocenters. The fourth-order valence-corrected chi connectivity index (χ4v) is 2.70. The summed E-state index contributed by atoms with van der Waals surface area (Å²) in [5.74, 6) is -1.27. The van der Waals surface area contributed by atoms with Crippen LogP contribution in [0.3, 0.4) is 0 Å². The molecular formula is C13H10BrNO3S. The van der Waals surface area contributed by atoms with E-state index < -0.39 is 5.97 Å². The van der Waals surface area contributed by atoms with Crippen LogP contribution in [-0.2, 0) is 0 Å². The Hall–Kier alpha value is -1.66. The average Bonchev–Trinajstić information content (AvgIpc) is 2.78. The summed E-state index contributed by atoms with van der Waals surface area (Å²) in [5.41, 5.74) is 1.85. The molecule has 98 valence electrons. The largest absolute Gasteiger partial charge is 0.478 e. The van der Waals surface area contributed by atoms with E-state index in [1.54, 1.807) is 30.5 Å². The predicted octanol–water partition coefficient (Wildman–Crippen LogP) is 3.77. The number of halogens is 1. The van der Waals surface area contributed by atoms with Crippen LogP contribution in [-0.4, -0.2) is 17.0 Å². The highest BCUT2D eigenvalue weighted by Crippen LogP contribution is 2.22. The van der Waals surface area contributed by atoms with Crippen LogP contribution >= 0.6 is 27.3 Å². The number of carbonyl (C=O) groups excluding carboxylic acids is 1. The van der Waals surface area contributed by atoms with Crippen LogP contribution in [0.1, 0.15) is 26.3 Å². The number of hydrogen-bond acceptors (Lipinski definition) is 3. The summed E-state index contributed by atoms with van der Waals surface area (Å²) in [4.78, 5) is 22.9. The molecule has 0 aliphatic carbocycles. The van der Waals surface area contributed by atoms with E-state index in [1.807, 2.05) is 0 Å². The molecule has 0 atom stereocenters. The van der Waals surface area contributed by atoms with Crippen molar-refractivity contribution in [3.8, 4) is 0 Å². The van der Waals surface area contributed by atoms with Gasteiger partial charge in [0.05, 0.1) is 14.9 Å². The Bertz CT molecular complexity index is 651. The molecule has 1 heterocycles. The molecule has 4 nitrogen and oxygen atoms in total. The van der Waals surface area contributed by atoms with Crippen molar-refractivity contribution >= 4 is 44.8 Å². The van der Waals surface area contributed by atoms with Gasteiger partial charge in [0.25, 0.3) is 5.91 Å². The summed E-state index contributed by atoms with van der Waals surface area (Å²) < 4.78 is 0.868. The van der Waals surface area contributed by atoms with Gasteiger partial charge in [-0.05, 0) is 46.6 Å². The van der Waals surface area contributed by atoms with Crippen molar-refractivity contribution in [2.75, 3.05) is 5.32 Å². The molecule has 2 rings (SSSR count). The second-order valence-corrected chi connectivity index (χ2v) is 6.22. The number of aromatic carboxylic acids is 1. The summed E-state index contributed by atoms with van der Waals surface area (Å²) in [6.45, 7) is 1.71. The maximum absolute atomic E-state index is 11.9. The van der Waals surface area contributed by atoms with Crippen molar-refractivity contribution in [2.45, 2.75) is 6.92 Å². The van der Waals surface area contributed by atoms with E-state index in [1.165, 1.54) is 17.4 Å². The van der Waals surface area contributed by atoms with Crippen molar-refractivity contribution < 1.29 is 14.7 Å². The summed E-state index contributed by atoms with van der Waals surface area (Å²) in [6, 6.07) is 6.52. The van der Waals surface area contributed by atoms with Gasteiger partial charge in [-0.1, -0.05) is 6.07 Å². The van der Waals surface area contributed by atoms with Gasteiger partial charge in [0.2, 0.25) is 0 Å². The second-order valence-electron chi connectivity index (χ2n) is 3.93. The van der Waals surface area contributed by atoms with E-state index in [0.29, 0.717) is 16.8 Å². The minimum Gasteiger partial charge on any atom is -0.478 e. The standard InChI is InChI=1S/C13H10BrNO3S/c1-7-2-3-9(5-10(7)13(17)18)15-12(16)8-4-11(14)19-6-8/h2-6H,1H3,(H,15,16)(H,17,18). The number of aryl methyl sites for hydroxylation is 1. The summed E-state index contributed by atoms with van der Waals surface area (Å²) in [7, 11) is 0. The molecular weight excluding hydrogens is 330 g/mol. The normalized spacial score (nSPS) is 10.2. The Morgan fingerprint density at radius 3 is 2.63 bits per heavy atom. The number of carboxylic acids is 1. The second kappa shape index (κ2) is 5.54. The van der Waals surface area contributed by atoms with Gasteiger partial charge in [-0.15, -0.1) is 11.3 Å². The van der Waals surface area contributed by atoms with E-state index in [4.69, 9.17) is 5.11 Å². The van der Waals surface area contributed by atoms with Gasteiger partial charge >= 0.3 is 5.97 Å². The first-order valence-electron chi connectivity index (χ1n) is 5.36. The molecule has 2 aromatic rings. The molecule has 6 heteroatoms. The van der Waals surface area contributed by atoms with Crippen molar-refractivity contribution in [1.29, 1.82) is 0 Å². The van der Waals surface area contributed by atoms with E-state index in [2.05, 4.69) is 21.2 Å². The molecule has 0 saturated carbocycles. The third-order valence-electron chi connectivity index (χ3n) is 2.56. The molecule has 2 N–H and O–H groups in total. The van der Waals surface area contributed by atoms with Gasteiger partial charge in [0.1, 0.15) is 0 Å². The van der Waals surface area contributed by atoms with E-state index in [9.17, 15) is 9.59 Å². The number of benzene rings is 1. The fourth-order valence-electron chi connectivity index (χ4n) is 1.56. The molecule has 19 heavy (non-hydrogen) atoms. The zero-order valence-corrected chi connectivity index (χ0v) is 12.3. The quantitative estimate of drug-likeness (QED) is 0.894. The Morgan fingerprint density at radius 1 is 1.32 bits per heavy atom. The zero-order valence-electron chi connectivity index (χ0n) is 9.94. The number of carbonyl (C=O) groups is 2. The predicted molar refractivity (Wildman–Crippen MR) is 78.1 cm³/mol. The molecule has 0 fully saturated rings. The number of hydrogen-bond donors (Lipinski definition) is 2. The molecule has 0 bridgehead atoms. The Kier molecular flexibility index (Phi) is 4.01. The Labute approximate surface area is 122 Å². The van der Waals surface area contributed by atoms with Crippen LogP contribution in [0, 0.1) is 6.92 Å².